The van der Waals surface area contributed by atoms with E-state index < -0.39 is 0 Å². The van der Waals surface area contributed by atoms with E-state index in [-0.39, 0.29) is 0 Å². The van der Waals surface area contributed by atoms with Crippen molar-refractivity contribution in [1.29, 1.82) is 0 Å². The van der Waals surface area contributed by atoms with E-state index in [4.69, 9.17) is 0 Å². The first kappa shape index (κ1) is 16.8. The van der Waals surface area contributed by atoms with Crippen molar-refractivity contribution in [2.45, 2.75) is 13.3 Å². The molecule has 2 aromatic heterocycles. The van der Waals surface area contributed by atoms with E-state index in [0.29, 0.717) is 0 Å². The standard InChI is InChI=1S/C18H25N5S/c1-15-14-20-7-5-16(15)6-8-21-18(19-2)23-11-9-22(10-12-23)17-4-3-13-24-17/h3-5,7,13-14H,6,8-12H2,1-2H3,(H,19,21). The third kappa shape index (κ3) is 4.06. The van der Waals surface area contributed by atoms with Crippen molar-refractivity contribution < 1.29 is 0 Å². The zero-order chi connectivity index (χ0) is 16.8. The van der Waals surface area contributed by atoms with E-state index in [1.807, 2.05) is 30.8 Å². The quantitative estimate of drug-likeness (QED) is 0.684. The number of nitrogens with one attached hydrogen (secondary N) is 1. The molecule has 1 N–H and O–H groups in total. The summed E-state index contributed by atoms with van der Waals surface area (Å²) in [5, 5.41) is 7.01. The summed E-state index contributed by atoms with van der Waals surface area (Å²) in [6.07, 6.45) is 4.78. The largest absolute Gasteiger partial charge is 0.360 e. The number of piperazine rings is 1. The van der Waals surface area contributed by atoms with Crippen LogP contribution in [0.3, 0.4) is 0 Å². The van der Waals surface area contributed by atoms with Gasteiger partial charge in [0.05, 0.1) is 5.00 Å². The van der Waals surface area contributed by atoms with Crippen LogP contribution in [0.2, 0.25) is 0 Å². The molecule has 0 unspecified atom stereocenters. The summed E-state index contributed by atoms with van der Waals surface area (Å²) in [5.74, 6) is 1.01. The van der Waals surface area contributed by atoms with Gasteiger partial charge >= 0.3 is 0 Å². The lowest BCUT2D eigenvalue weighted by atomic mass is 10.1. The third-order valence-electron chi connectivity index (χ3n) is 4.42. The minimum Gasteiger partial charge on any atom is -0.360 e. The Morgan fingerprint density at radius 1 is 1.29 bits per heavy atom. The number of pyridine rings is 1. The number of aryl methyl sites for hydroxylation is 1. The van der Waals surface area contributed by atoms with Crippen LogP contribution in [0.1, 0.15) is 11.1 Å². The van der Waals surface area contributed by atoms with Crippen LogP contribution in [0.4, 0.5) is 5.00 Å². The molecule has 1 saturated heterocycles. The molecular weight excluding hydrogens is 318 g/mol. The van der Waals surface area contributed by atoms with Gasteiger partial charge in [-0.25, -0.2) is 0 Å². The van der Waals surface area contributed by atoms with Gasteiger partial charge in [0.25, 0.3) is 0 Å². The highest BCUT2D eigenvalue weighted by molar-refractivity contribution is 7.14. The van der Waals surface area contributed by atoms with E-state index >= 15 is 0 Å². The lowest BCUT2D eigenvalue weighted by Crippen LogP contribution is -2.52. The van der Waals surface area contributed by atoms with Gasteiger partial charge in [0.1, 0.15) is 0 Å². The Balaban J connectivity index is 1.48. The van der Waals surface area contributed by atoms with Crippen molar-refractivity contribution in [3.63, 3.8) is 0 Å². The first-order valence-electron chi connectivity index (χ1n) is 8.41. The number of thiophene rings is 1. The predicted molar refractivity (Wildman–Crippen MR) is 102 cm³/mol. The van der Waals surface area contributed by atoms with Crippen LogP contribution < -0.4 is 10.2 Å². The molecule has 128 valence electrons. The number of rotatable bonds is 4. The Kier molecular flexibility index (Phi) is 5.69. The fraction of sp³-hybridized carbons (Fsp3) is 0.444. The van der Waals surface area contributed by atoms with Crippen molar-refractivity contribution in [2.24, 2.45) is 4.99 Å². The molecule has 0 saturated carbocycles. The first-order valence-corrected chi connectivity index (χ1v) is 9.29. The van der Waals surface area contributed by atoms with Crippen molar-refractivity contribution >= 4 is 22.3 Å². The fourth-order valence-electron chi connectivity index (χ4n) is 3.01. The van der Waals surface area contributed by atoms with Gasteiger partial charge in [0.15, 0.2) is 5.96 Å². The Hall–Kier alpha value is -2.08. The molecule has 3 heterocycles. The number of guanidine groups is 1. The van der Waals surface area contributed by atoms with Gasteiger partial charge in [-0.05, 0) is 48.1 Å². The van der Waals surface area contributed by atoms with Crippen LogP contribution in [-0.4, -0.2) is 55.6 Å². The summed E-state index contributed by atoms with van der Waals surface area (Å²) >= 11 is 1.81. The Bertz CT molecular complexity index is 660. The fourth-order valence-corrected chi connectivity index (χ4v) is 3.80. The smallest absolute Gasteiger partial charge is 0.193 e. The predicted octanol–water partition coefficient (Wildman–Crippen LogP) is 2.39. The molecule has 2 aromatic rings. The van der Waals surface area contributed by atoms with Gasteiger partial charge in [-0.2, -0.15) is 0 Å². The monoisotopic (exact) mass is 343 g/mol. The number of hydrogen-bond acceptors (Lipinski definition) is 4. The van der Waals surface area contributed by atoms with Crippen LogP contribution in [0.25, 0.3) is 0 Å². The van der Waals surface area contributed by atoms with Crippen molar-refractivity contribution in [3.05, 3.63) is 47.1 Å². The summed E-state index contributed by atoms with van der Waals surface area (Å²) in [6.45, 7) is 7.11. The molecule has 0 spiro atoms. The maximum absolute atomic E-state index is 4.46. The maximum Gasteiger partial charge on any atom is 0.193 e. The highest BCUT2D eigenvalue weighted by Gasteiger charge is 2.20. The molecule has 0 aliphatic carbocycles. The summed E-state index contributed by atoms with van der Waals surface area (Å²) in [7, 11) is 1.87. The number of nitrogens with zero attached hydrogens (tertiary/aromatic N) is 4. The normalized spacial score (nSPS) is 15.7. The molecule has 0 radical (unpaired) electrons. The molecule has 0 aromatic carbocycles. The van der Waals surface area contributed by atoms with Crippen molar-refractivity contribution in [2.75, 3.05) is 44.7 Å². The van der Waals surface area contributed by atoms with Gasteiger partial charge in [0.2, 0.25) is 0 Å². The first-order chi connectivity index (χ1) is 11.8. The second-order valence-electron chi connectivity index (χ2n) is 5.95. The molecule has 1 fully saturated rings. The van der Waals surface area contributed by atoms with Crippen LogP contribution in [0, 0.1) is 6.92 Å². The lowest BCUT2D eigenvalue weighted by Gasteiger charge is -2.37. The molecule has 24 heavy (non-hydrogen) atoms. The van der Waals surface area contributed by atoms with E-state index in [1.54, 1.807) is 0 Å². The van der Waals surface area contributed by atoms with Gasteiger partial charge < -0.3 is 15.1 Å². The Labute approximate surface area is 148 Å². The number of aromatic nitrogens is 1. The second kappa shape index (κ2) is 8.15. The average Bonchev–Trinajstić information content (AvgIpc) is 3.15. The SMILES string of the molecule is CN=C(NCCc1ccncc1C)N1CCN(c2cccs2)CC1. The molecule has 3 rings (SSSR count). The second-order valence-corrected chi connectivity index (χ2v) is 6.88. The van der Waals surface area contributed by atoms with Crippen LogP contribution >= 0.6 is 11.3 Å². The summed E-state index contributed by atoms with van der Waals surface area (Å²) < 4.78 is 0. The van der Waals surface area contributed by atoms with Crippen molar-refractivity contribution in [3.8, 4) is 0 Å². The van der Waals surface area contributed by atoms with Crippen LogP contribution in [-0.2, 0) is 6.42 Å². The number of aliphatic imine (C=N–C) groups is 1. The highest BCUT2D eigenvalue weighted by atomic mass is 32.1. The van der Waals surface area contributed by atoms with Crippen LogP contribution in [0.15, 0.2) is 41.0 Å². The average molecular weight is 344 g/mol. The maximum atomic E-state index is 4.46. The minimum absolute atomic E-state index is 0.892. The van der Waals surface area contributed by atoms with E-state index in [1.165, 1.54) is 16.1 Å². The summed E-state index contributed by atoms with van der Waals surface area (Å²) in [6, 6.07) is 6.41. The van der Waals surface area contributed by atoms with Crippen LogP contribution in [0.5, 0.6) is 0 Å². The number of anilines is 1. The van der Waals surface area contributed by atoms with E-state index in [2.05, 4.69) is 55.6 Å². The molecule has 6 heteroatoms. The Morgan fingerprint density at radius 3 is 2.79 bits per heavy atom. The zero-order valence-corrected chi connectivity index (χ0v) is 15.2. The molecule has 0 amide bonds. The molecule has 1 aliphatic heterocycles. The molecule has 0 bridgehead atoms. The summed E-state index contributed by atoms with van der Waals surface area (Å²) in [4.78, 5) is 13.4. The minimum atomic E-state index is 0.892. The third-order valence-corrected chi connectivity index (χ3v) is 5.35. The molecule has 1 aliphatic rings. The number of hydrogen-bond donors (Lipinski definition) is 1. The van der Waals surface area contributed by atoms with Gasteiger partial charge in [-0.15, -0.1) is 11.3 Å². The zero-order valence-electron chi connectivity index (χ0n) is 14.4. The summed E-state index contributed by atoms with van der Waals surface area (Å²) in [5.41, 5.74) is 2.59. The van der Waals surface area contributed by atoms with E-state index in [9.17, 15) is 0 Å². The highest BCUT2D eigenvalue weighted by Crippen LogP contribution is 2.22. The van der Waals surface area contributed by atoms with Crippen molar-refractivity contribution in [1.82, 2.24) is 15.2 Å². The Morgan fingerprint density at radius 2 is 2.12 bits per heavy atom. The van der Waals surface area contributed by atoms with Gasteiger partial charge in [0, 0.05) is 52.2 Å². The van der Waals surface area contributed by atoms with Gasteiger partial charge in [-0.1, -0.05) is 0 Å². The topological polar surface area (TPSA) is 43.8 Å². The van der Waals surface area contributed by atoms with E-state index in [0.717, 1.165) is 45.1 Å². The molecular formula is C18H25N5S. The molecule has 5 nitrogen and oxygen atoms in total. The molecule has 0 atom stereocenters. The van der Waals surface area contributed by atoms with Gasteiger partial charge in [-0.3, -0.25) is 9.98 Å². The lowest BCUT2D eigenvalue weighted by molar-refractivity contribution is 0.374.